The molecule has 0 spiro atoms. The minimum Gasteiger partial charge on any atom is -0.486 e. The molecule has 0 amide bonds. The van der Waals surface area contributed by atoms with Crippen LogP contribution in [-0.4, -0.2) is 31.7 Å². The number of rotatable bonds is 6. The summed E-state index contributed by atoms with van der Waals surface area (Å²) in [6.07, 6.45) is -0.171. The Balaban J connectivity index is 0.00000441. The Morgan fingerprint density at radius 1 is 1.23 bits per heavy atom. The van der Waals surface area contributed by atoms with E-state index >= 15 is 0 Å². The Morgan fingerprint density at radius 3 is 2.41 bits per heavy atom. The van der Waals surface area contributed by atoms with Gasteiger partial charge in [0.1, 0.15) is 6.10 Å². The van der Waals surface area contributed by atoms with Crippen molar-refractivity contribution in [3.8, 4) is 5.75 Å². The molecule has 0 aliphatic heterocycles. The van der Waals surface area contributed by atoms with Gasteiger partial charge in [-0.2, -0.15) is 0 Å². The van der Waals surface area contributed by atoms with Crippen molar-refractivity contribution < 1.29 is 9.13 Å². The monoisotopic (exact) mass is 423 g/mol. The molecule has 0 bridgehead atoms. The Kier molecular flexibility index (Phi) is 10.1. The molecule has 4 nitrogen and oxygen atoms in total. The topological polar surface area (TPSA) is 45.7 Å². The summed E-state index contributed by atoms with van der Waals surface area (Å²) < 4.78 is 19.1. The van der Waals surface area contributed by atoms with Gasteiger partial charge in [0, 0.05) is 13.1 Å². The molecule has 6 heteroatoms. The van der Waals surface area contributed by atoms with E-state index in [-0.39, 0.29) is 41.6 Å². The zero-order valence-corrected chi connectivity index (χ0v) is 16.2. The first-order chi connectivity index (χ1) is 9.93. The second kappa shape index (κ2) is 10.6. The summed E-state index contributed by atoms with van der Waals surface area (Å²) in [7, 11) is 1.73. The lowest BCUT2D eigenvalue weighted by molar-refractivity contribution is 0.214. The van der Waals surface area contributed by atoms with Crippen molar-refractivity contribution in [3.63, 3.8) is 0 Å². The molecule has 1 aromatic rings. The normalized spacial score (nSPS) is 14.0. The molecule has 0 aliphatic carbocycles. The Labute approximate surface area is 149 Å². The van der Waals surface area contributed by atoms with Crippen LogP contribution in [-0.2, 0) is 0 Å². The van der Waals surface area contributed by atoms with E-state index in [9.17, 15) is 4.39 Å². The molecule has 0 saturated carbocycles. The highest BCUT2D eigenvalue weighted by molar-refractivity contribution is 14.0. The van der Waals surface area contributed by atoms with Crippen molar-refractivity contribution in [2.24, 2.45) is 10.9 Å². The first kappa shape index (κ1) is 20.9. The number of nitrogens with one attached hydrogen (secondary N) is 2. The van der Waals surface area contributed by atoms with Crippen LogP contribution in [0.25, 0.3) is 0 Å². The molecule has 0 fully saturated rings. The van der Waals surface area contributed by atoms with Crippen LogP contribution in [0.4, 0.5) is 4.39 Å². The van der Waals surface area contributed by atoms with Crippen molar-refractivity contribution in [1.82, 2.24) is 10.6 Å². The molecule has 2 unspecified atom stereocenters. The average Bonchev–Trinajstić information content (AvgIpc) is 2.45. The van der Waals surface area contributed by atoms with E-state index in [1.165, 1.54) is 6.07 Å². The van der Waals surface area contributed by atoms with Gasteiger partial charge in [0.05, 0.1) is 6.54 Å². The molecule has 2 N–H and O–H groups in total. The summed E-state index contributed by atoms with van der Waals surface area (Å²) >= 11 is 0. The van der Waals surface area contributed by atoms with Gasteiger partial charge >= 0.3 is 0 Å². The van der Waals surface area contributed by atoms with Gasteiger partial charge in [-0.1, -0.05) is 26.0 Å². The number of hydrogen-bond donors (Lipinski definition) is 2. The first-order valence-corrected chi connectivity index (χ1v) is 7.32. The van der Waals surface area contributed by atoms with Crippen LogP contribution < -0.4 is 15.4 Å². The molecule has 22 heavy (non-hydrogen) atoms. The number of nitrogens with zero attached hydrogens (tertiary/aromatic N) is 1. The molecular weight excluding hydrogens is 396 g/mol. The molecule has 0 aromatic heterocycles. The maximum atomic E-state index is 13.5. The summed E-state index contributed by atoms with van der Waals surface area (Å²) in [5, 5.41) is 6.49. The highest BCUT2D eigenvalue weighted by atomic mass is 127. The van der Waals surface area contributed by atoms with Crippen molar-refractivity contribution in [3.05, 3.63) is 30.1 Å². The van der Waals surface area contributed by atoms with Crippen molar-refractivity contribution in [1.29, 1.82) is 0 Å². The lowest BCUT2D eigenvalue weighted by Crippen LogP contribution is -2.46. The summed E-state index contributed by atoms with van der Waals surface area (Å²) in [6.45, 7) is 8.83. The van der Waals surface area contributed by atoms with Gasteiger partial charge in [0.15, 0.2) is 17.5 Å². The molecule has 0 heterocycles. The fourth-order valence-corrected chi connectivity index (χ4v) is 1.62. The number of aliphatic imine (C=N–C) groups is 1. The number of ether oxygens (including phenoxy) is 1. The average molecular weight is 423 g/mol. The molecule has 1 aromatic carbocycles. The molecule has 1 rings (SSSR count). The third-order valence-corrected chi connectivity index (χ3v) is 3.31. The zero-order valence-electron chi connectivity index (χ0n) is 13.9. The maximum absolute atomic E-state index is 13.5. The van der Waals surface area contributed by atoms with E-state index in [0.717, 1.165) is 5.96 Å². The second-order valence-corrected chi connectivity index (χ2v) is 5.49. The van der Waals surface area contributed by atoms with Gasteiger partial charge in [0.25, 0.3) is 0 Å². The number of para-hydroxylation sites is 1. The fourth-order valence-electron chi connectivity index (χ4n) is 1.62. The minimum absolute atomic E-state index is 0. The van der Waals surface area contributed by atoms with Crippen LogP contribution in [0.1, 0.15) is 27.7 Å². The predicted molar refractivity (Wildman–Crippen MR) is 101 cm³/mol. The van der Waals surface area contributed by atoms with Gasteiger partial charge in [-0.3, -0.25) is 4.99 Å². The van der Waals surface area contributed by atoms with Crippen LogP contribution in [0.15, 0.2) is 29.3 Å². The molecular formula is C16H27FIN3O. The molecule has 126 valence electrons. The summed E-state index contributed by atoms with van der Waals surface area (Å²) in [5.41, 5.74) is 0. The van der Waals surface area contributed by atoms with E-state index in [0.29, 0.717) is 18.5 Å². The SMILES string of the molecule is CN=C(NCC(C)Oc1ccccc1F)NC(C)C(C)C.I. The number of halogens is 2. The maximum Gasteiger partial charge on any atom is 0.191 e. The Bertz CT molecular complexity index is 468. The summed E-state index contributed by atoms with van der Waals surface area (Å²) in [5.74, 6) is 1.15. The van der Waals surface area contributed by atoms with E-state index in [2.05, 4.69) is 36.4 Å². The van der Waals surface area contributed by atoms with Gasteiger partial charge < -0.3 is 15.4 Å². The van der Waals surface area contributed by atoms with Crippen LogP contribution in [0, 0.1) is 11.7 Å². The minimum atomic E-state index is -0.347. The Morgan fingerprint density at radius 2 is 1.86 bits per heavy atom. The molecule has 0 saturated heterocycles. The van der Waals surface area contributed by atoms with Crippen LogP contribution in [0.3, 0.4) is 0 Å². The van der Waals surface area contributed by atoms with E-state index in [1.54, 1.807) is 25.2 Å². The van der Waals surface area contributed by atoms with Gasteiger partial charge in [-0.15, -0.1) is 24.0 Å². The standard InChI is InChI=1S/C16H26FN3O.HI/c1-11(2)13(4)20-16(18-5)19-10-12(3)21-15-9-7-6-8-14(15)17;/h6-9,11-13H,10H2,1-5H3,(H2,18,19,20);1H. The van der Waals surface area contributed by atoms with E-state index < -0.39 is 0 Å². The van der Waals surface area contributed by atoms with Gasteiger partial charge in [-0.05, 0) is 31.9 Å². The fraction of sp³-hybridized carbons (Fsp3) is 0.562. The van der Waals surface area contributed by atoms with Crippen molar-refractivity contribution >= 4 is 29.9 Å². The zero-order chi connectivity index (χ0) is 15.8. The molecule has 0 radical (unpaired) electrons. The van der Waals surface area contributed by atoms with E-state index in [1.807, 2.05) is 6.92 Å². The number of benzene rings is 1. The molecule has 0 aliphatic rings. The lowest BCUT2D eigenvalue weighted by atomic mass is 10.1. The van der Waals surface area contributed by atoms with Gasteiger partial charge in [-0.25, -0.2) is 4.39 Å². The highest BCUT2D eigenvalue weighted by Crippen LogP contribution is 2.16. The van der Waals surface area contributed by atoms with E-state index in [4.69, 9.17) is 4.74 Å². The quantitative estimate of drug-likeness (QED) is 0.419. The third kappa shape index (κ3) is 7.29. The summed E-state index contributed by atoms with van der Waals surface area (Å²) in [4.78, 5) is 4.17. The smallest absolute Gasteiger partial charge is 0.191 e. The van der Waals surface area contributed by atoms with Crippen LogP contribution in [0.5, 0.6) is 5.75 Å². The highest BCUT2D eigenvalue weighted by Gasteiger charge is 2.11. The third-order valence-electron chi connectivity index (χ3n) is 3.31. The predicted octanol–water partition coefficient (Wildman–Crippen LogP) is 3.42. The largest absolute Gasteiger partial charge is 0.486 e. The first-order valence-electron chi connectivity index (χ1n) is 7.32. The van der Waals surface area contributed by atoms with Crippen LogP contribution in [0.2, 0.25) is 0 Å². The van der Waals surface area contributed by atoms with Crippen molar-refractivity contribution in [2.45, 2.75) is 39.8 Å². The van der Waals surface area contributed by atoms with Crippen molar-refractivity contribution in [2.75, 3.05) is 13.6 Å². The van der Waals surface area contributed by atoms with Crippen LogP contribution >= 0.6 is 24.0 Å². The van der Waals surface area contributed by atoms with Gasteiger partial charge in [0.2, 0.25) is 0 Å². The summed E-state index contributed by atoms with van der Waals surface area (Å²) in [6, 6.07) is 6.73. The lowest BCUT2D eigenvalue weighted by Gasteiger charge is -2.22. The second-order valence-electron chi connectivity index (χ2n) is 5.49. The number of hydrogen-bond acceptors (Lipinski definition) is 2. The Hall–Kier alpha value is -1.05. The number of guanidine groups is 1. The molecule has 2 atom stereocenters.